The standard InChI is InChI=1S/C17H27N3/c1-3-18-13(2)16-9-8-15(12-19-16)20-11-10-14-6-4-5-7-17(14)20/h8-9,12-14,17-18H,3-7,10-11H2,1-2H3. The molecule has 0 spiro atoms. The Morgan fingerprint density at radius 3 is 2.90 bits per heavy atom. The van der Waals surface area contributed by atoms with Gasteiger partial charge in [0.15, 0.2) is 0 Å². The lowest BCUT2D eigenvalue weighted by atomic mass is 9.85. The molecule has 3 unspecified atom stereocenters. The number of nitrogens with zero attached hydrogens (tertiary/aromatic N) is 2. The number of nitrogens with one attached hydrogen (secondary N) is 1. The van der Waals surface area contributed by atoms with Crippen LogP contribution in [0.1, 0.15) is 57.7 Å². The molecule has 3 heteroatoms. The summed E-state index contributed by atoms with van der Waals surface area (Å²) in [6.45, 7) is 6.52. The minimum atomic E-state index is 0.343. The minimum absolute atomic E-state index is 0.343. The van der Waals surface area contributed by atoms with Crippen LogP contribution in [-0.2, 0) is 0 Å². The molecule has 0 amide bonds. The summed E-state index contributed by atoms with van der Waals surface area (Å²) in [5, 5.41) is 3.42. The van der Waals surface area contributed by atoms with Crippen molar-refractivity contribution in [2.45, 2.75) is 58.0 Å². The van der Waals surface area contributed by atoms with Crippen LogP contribution in [0.3, 0.4) is 0 Å². The van der Waals surface area contributed by atoms with Gasteiger partial charge in [-0.25, -0.2) is 0 Å². The molecular formula is C17H27N3. The van der Waals surface area contributed by atoms with E-state index < -0.39 is 0 Å². The fourth-order valence-corrected chi connectivity index (χ4v) is 3.96. The van der Waals surface area contributed by atoms with Crippen LogP contribution in [0.2, 0.25) is 0 Å². The second-order valence-corrected chi connectivity index (χ2v) is 6.31. The molecule has 0 aromatic carbocycles. The van der Waals surface area contributed by atoms with E-state index in [1.807, 2.05) is 0 Å². The summed E-state index contributed by atoms with van der Waals surface area (Å²) >= 11 is 0. The Morgan fingerprint density at radius 2 is 2.15 bits per heavy atom. The molecule has 3 nitrogen and oxygen atoms in total. The molecular weight excluding hydrogens is 246 g/mol. The maximum absolute atomic E-state index is 4.68. The molecule has 1 aromatic rings. The van der Waals surface area contributed by atoms with E-state index in [0.29, 0.717) is 6.04 Å². The maximum atomic E-state index is 4.68. The largest absolute Gasteiger partial charge is 0.367 e. The SMILES string of the molecule is CCNC(C)c1ccc(N2CCC3CCCCC32)cn1. The summed E-state index contributed by atoms with van der Waals surface area (Å²) in [4.78, 5) is 7.28. The third-order valence-corrected chi connectivity index (χ3v) is 5.07. The van der Waals surface area contributed by atoms with Gasteiger partial charge in [0.05, 0.1) is 17.6 Å². The van der Waals surface area contributed by atoms with E-state index >= 15 is 0 Å². The average molecular weight is 273 g/mol. The van der Waals surface area contributed by atoms with Gasteiger partial charge in [0.25, 0.3) is 0 Å². The molecule has 1 aliphatic heterocycles. The van der Waals surface area contributed by atoms with Crippen LogP contribution in [0.5, 0.6) is 0 Å². The van der Waals surface area contributed by atoms with E-state index in [-0.39, 0.29) is 0 Å². The Kier molecular flexibility index (Phi) is 4.25. The molecule has 1 saturated heterocycles. The number of hydrogen-bond acceptors (Lipinski definition) is 3. The predicted molar refractivity (Wildman–Crippen MR) is 84.0 cm³/mol. The Labute approximate surface area is 122 Å². The van der Waals surface area contributed by atoms with E-state index in [4.69, 9.17) is 0 Å². The minimum Gasteiger partial charge on any atom is -0.367 e. The smallest absolute Gasteiger partial charge is 0.0572 e. The van der Waals surface area contributed by atoms with Gasteiger partial charge >= 0.3 is 0 Å². The Morgan fingerprint density at radius 1 is 1.30 bits per heavy atom. The van der Waals surface area contributed by atoms with E-state index in [9.17, 15) is 0 Å². The average Bonchev–Trinajstić information content (AvgIpc) is 2.92. The lowest BCUT2D eigenvalue weighted by molar-refractivity contribution is 0.342. The van der Waals surface area contributed by atoms with Gasteiger partial charge in [-0.3, -0.25) is 4.98 Å². The normalized spacial score (nSPS) is 27.4. The zero-order chi connectivity index (χ0) is 13.9. The zero-order valence-corrected chi connectivity index (χ0v) is 12.8. The lowest BCUT2D eigenvalue weighted by Crippen LogP contribution is -2.34. The number of pyridine rings is 1. The van der Waals surface area contributed by atoms with E-state index in [1.54, 1.807) is 0 Å². The van der Waals surface area contributed by atoms with Gasteiger partial charge in [-0.15, -0.1) is 0 Å². The quantitative estimate of drug-likeness (QED) is 0.909. The fourth-order valence-electron chi connectivity index (χ4n) is 3.96. The number of aromatic nitrogens is 1. The second-order valence-electron chi connectivity index (χ2n) is 6.31. The predicted octanol–water partition coefficient (Wildman–Crippen LogP) is 3.52. The molecule has 3 rings (SSSR count). The maximum Gasteiger partial charge on any atom is 0.0572 e. The highest BCUT2D eigenvalue weighted by atomic mass is 15.2. The van der Waals surface area contributed by atoms with E-state index in [2.05, 4.69) is 47.4 Å². The molecule has 0 bridgehead atoms. The first-order valence-electron chi connectivity index (χ1n) is 8.25. The Bertz CT molecular complexity index is 428. The number of rotatable bonds is 4. The molecule has 0 radical (unpaired) electrons. The van der Waals surface area contributed by atoms with Gasteiger partial charge in [-0.05, 0) is 50.8 Å². The van der Waals surface area contributed by atoms with Crippen molar-refractivity contribution < 1.29 is 0 Å². The third kappa shape index (κ3) is 2.69. The van der Waals surface area contributed by atoms with Crippen molar-refractivity contribution in [1.82, 2.24) is 10.3 Å². The van der Waals surface area contributed by atoms with Crippen LogP contribution >= 0.6 is 0 Å². The van der Waals surface area contributed by atoms with Gasteiger partial charge in [0.2, 0.25) is 0 Å². The van der Waals surface area contributed by atoms with Crippen molar-refractivity contribution in [1.29, 1.82) is 0 Å². The molecule has 20 heavy (non-hydrogen) atoms. The number of fused-ring (bicyclic) bond motifs is 1. The van der Waals surface area contributed by atoms with Crippen molar-refractivity contribution >= 4 is 5.69 Å². The molecule has 1 aliphatic carbocycles. The molecule has 3 atom stereocenters. The highest BCUT2D eigenvalue weighted by Crippen LogP contribution is 2.38. The van der Waals surface area contributed by atoms with Crippen molar-refractivity contribution in [2.75, 3.05) is 18.0 Å². The molecule has 2 aliphatic rings. The zero-order valence-electron chi connectivity index (χ0n) is 12.8. The molecule has 1 saturated carbocycles. The van der Waals surface area contributed by atoms with E-state index in [0.717, 1.165) is 24.2 Å². The van der Waals surface area contributed by atoms with Gasteiger partial charge in [0.1, 0.15) is 0 Å². The number of anilines is 1. The fraction of sp³-hybridized carbons (Fsp3) is 0.706. The highest BCUT2D eigenvalue weighted by molar-refractivity contribution is 5.47. The van der Waals surface area contributed by atoms with Gasteiger partial charge in [-0.2, -0.15) is 0 Å². The first-order chi connectivity index (χ1) is 9.79. The summed E-state index contributed by atoms with van der Waals surface area (Å²) in [5.74, 6) is 0.934. The summed E-state index contributed by atoms with van der Waals surface area (Å²) < 4.78 is 0. The first kappa shape index (κ1) is 13.9. The van der Waals surface area contributed by atoms with Crippen LogP contribution < -0.4 is 10.2 Å². The van der Waals surface area contributed by atoms with Crippen molar-refractivity contribution in [3.8, 4) is 0 Å². The first-order valence-corrected chi connectivity index (χ1v) is 8.25. The molecule has 1 N–H and O–H groups in total. The van der Waals surface area contributed by atoms with Crippen molar-refractivity contribution in [2.24, 2.45) is 5.92 Å². The Hall–Kier alpha value is -1.09. The summed E-state index contributed by atoms with van der Waals surface area (Å²) in [6, 6.07) is 5.59. The van der Waals surface area contributed by atoms with Crippen LogP contribution in [-0.4, -0.2) is 24.1 Å². The Balaban J connectivity index is 1.71. The van der Waals surface area contributed by atoms with Crippen LogP contribution in [0.25, 0.3) is 0 Å². The molecule has 1 aromatic heterocycles. The highest BCUT2D eigenvalue weighted by Gasteiger charge is 2.35. The monoisotopic (exact) mass is 273 g/mol. The van der Waals surface area contributed by atoms with Crippen LogP contribution in [0.15, 0.2) is 18.3 Å². The summed E-state index contributed by atoms with van der Waals surface area (Å²) in [7, 11) is 0. The van der Waals surface area contributed by atoms with Gasteiger partial charge in [-0.1, -0.05) is 19.8 Å². The molecule has 110 valence electrons. The molecule has 2 fully saturated rings. The topological polar surface area (TPSA) is 28.2 Å². The van der Waals surface area contributed by atoms with E-state index in [1.165, 1.54) is 44.3 Å². The van der Waals surface area contributed by atoms with Gasteiger partial charge < -0.3 is 10.2 Å². The molecule has 2 heterocycles. The number of hydrogen-bond donors (Lipinski definition) is 1. The van der Waals surface area contributed by atoms with Crippen LogP contribution in [0.4, 0.5) is 5.69 Å². The van der Waals surface area contributed by atoms with Crippen LogP contribution in [0, 0.1) is 5.92 Å². The summed E-state index contributed by atoms with van der Waals surface area (Å²) in [6.07, 6.45) is 9.11. The summed E-state index contributed by atoms with van der Waals surface area (Å²) in [5.41, 5.74) is 2.47. The van der Waals surface area contributed by atoms with Crippen molar-refractivity contribution in [3.05, 3.63) is 24.0 Å². The van der Waals surface area contributed by atoms with Crippen molar-refractivity contribution in [3.63, 3.8) is 0 Å². The second kappa shape index (κ2) is 6.13. The van der Waals surface area contributed by atoms with Gasteiger partial charge in [0, 0.05) is 18.6 Å². The third-order valence-electron chi connectivity index (χ3n) is 5.07. The lowest BCUT2D eigenvalue weighted by Gasteiger charge is -2.33.